The predicted octanol–water partition coefficient (Wildman–Crippen LogP) is 4.58. The van der Waals surface area contributed by atoms with Crippen LogP contribution in [0, 0.1) is 0 Å². The molecule has 3 aromatic carbocycles. The molecule has 0 spiro atoms. The third-order valence-corrected chi connectivity index (χ3v) is 5.27. The van der Waals surface area contributed by atoms with E-state index in [1.165, 1.54) is 16.7 Å². The molecule has 1 fully saturated rings. The van der Waals surface area contributed by atoms with E-state index in [1.807, 2.05) is 24.3 Å². The zero-order valence-electron chi connectivity index (χ0n) is 16.3. The van der Waals surface area contributed by atoms with Crippen LogP contribution in [0.2, 0.25) is 0 Å². The first kappa shape index (κ1) is 18.7. The van der Waals surface area contributed by atoms with Gasteiger partial charge in [0.05, 0.1) is 0 Å². The molecule has 144 valence electrons. The van der Waals surface area contributed by atoms with Gasteiger partial charge in [0.15, 0.2) is 0 Å². The highest BCUT2D eigenvalue weighted by Gasteiger charge is 2.17. The summed E-state index contributed by atoms with van der Waals surface area (Å²) in [5, 5.41) is 0. The number of hydrogen-bond donors (Lipinski definition) is 0. The van der Waals surface area contributed by atoms with Gasteiger partial charge >= 0.3 is 0 Å². The lowest BCUT2D eigenvalue weighted by Gasteiger charge is -2.34. The fourth-order valence-electron chi connectivity index (χ4n) is 3.68. The molecule has 0 aliphatic carbocycles. The summed E-state index contributed by atoms with van der Waals surface area (Å²) >= 11 is 0. The van der Waals surface area contributed by atoms with Gasteiger partial charge in [-0.25, -0.2) is 0 Å². The van der Waals surface area contributed by atoms with Crippen LogP contribution in [-0.4, -0.2) is 36.0 Å². The summed E-state index contributed by atoms with van der Waals surface area (Å²) in [5.74, 6) is 0.948. The first-order valence-corrected chi connectivity index (χ1v) is 10.1. The minimum atomic E-state index is 0.614. The molecule has 0 saturated carbocycles. The molecule has 1 heterocycles. The summed E-state index contributed by atoms with van der Waals surface area (Å²) in [6.07, 6.45) is 0. The normalized spacial score (nSPS) is 15.4. The maximum absolute atomic E-state index is 5.98. The Labute approximate surface area is 168 Å². The molecule has 28 heavy (non-hydrogen) atoms. The van der Waals surface area contributed by atoms with Crippen LogP contribution in [0.15, 0.2) is 84.9 Å². The third-order valence-electron chi connectivity index (χ3n) is 5.27. The van der Waals surface area contributed by atoms with E-state index in [9.17, 15) is 0 Å². The summed E-state index contributed by atoms with van der Waals surface area (Å²) in [7, 11) is 0. The highest BCUT2D eigenvalue weighted by Crippen LogP contribution is 2.18. The van der Waals surface area contributed by atoms with Crippen LogP contribution in [0.3, 0.4) is 0 Å². The molecule has 0 unspecified atom stereocenters. The number of nitrogens with zero attached hydrogens (tertiary/aromatic N) is 2. The summed E-state index contributed by atoms with van der Waals surface area (Å²) in [6, 6.07) is 29.6. The Hall–Kier alpha value is -2.62. The molecular weight excluding hydrogens is 344 g/mol. The van der Waals surface area contributed by atoms with E-state index in [-0.39, 0.29) is 0 Å². The van der Waals surface area contributed by atoms with Crippen LogP contribution in [0.1, 0.15) is 16.7 Å². The smallest absolute Gasteiger partial charge is 0.120 e. The molecule has 0 amide bonds. The zero-order valence-corrected chi connectivity index (χ0v) is 16.3. The fraction of sp³-hybridized carbons (Fsp3) is 0.280. The minimum Gasteiger partial charge on any atom is -0.489 e. The summed E-state index contributed by atoms with van der Waals surface area (Å²) in [5.41, 5.74) is 3.92. The molecule has 0 radical (unpaired) electrons. The molecule has 1 aliphatic rings. The first-order valence-electron chi connectivity index (χ1n) is 10.1. The monoisotopic (exact) mass is 372 g/mol. The number of ether oxygens (including phenoxy) is 1. The van der Waals surface area contributed by atoms with Gasteiger partial charge in [-0.2, -0.15) is 0 Å². The number of piperazine rings is 1. The van der Waals surface area contributed by atoms with E-state index in [0.717, 1.165) is 45.0 Å². The van der Waals surface area contributed by atoms with E-state index in [4.69, 9.17) is 4.74 Å². The Morgan fingerprint density at radius 1 is 0.571 bits per heavy atom. The molecule has 3 nitrogen and oxygen atoms in total. The second-order valence-corrected chi connectivity index (χ2v) is 7.46. The first-order chi connectivity index (χ1) is 13.8. The minimum absolute atomic E-state index is 0.614. The van der Waals surface area contributed by atoms with Crippen molar-refractivity contribution >= 4 is 0 Å². The lowest BCUT2D eigenvalue weighted by atomic mass is 10.1. The molecule has 0 atom stereocenters. The molecule has 0 bridgehead atoms. The number of rotatable bonds is 7. The van der Waals surface area contributed by atoms with Gasteiger partial charge in [-0.1, -0.05) is 72.8 Å². The van der Waals surface area contributed by atoms with Gasteiger partial charge in [-0.15, -0.1) is 0 Å². The Bertz CT molecular complexity index is 843. The van der Waals surface area contributed by atoms with Gasteiger partial charge < -0.3 is 4.74 Å². The van der Waals surface area contributed by atoms with Crippen molar-refractivity contribution in [2.24, 2.45) is 0 Å². The molecule has 1 saturated heterocycles. The van der Waals surface area contributed by atoms with Gasteiger partial charge in [0.25, 0.3) is 0 Å². The quantitative estimate of drug-likeness (QED) is 0.604. The van der Waals surface area contributed by atoms with Crippen molar-refractivity contribution in [2.75, 3.05) is 26.2 Å². The summed E-state index contributed by atoms with van der Waals surface area (Å²) in [4.78, 5) is 5.09. The highest BCUT2D eigenvalue weighted by molar-refractivity contribution is 5.29. The highest BCUT2D eigenvalue weighted by atomic mass is 16.5. The number of benzene rings is 3. The van der Waals surface area contributed by atoms with Crippen molar-refractivity contribution in [3.05, 3.63) is 102 Å². The van der Waals surface area contributed by atoms with Crippen LogP contribution in [-0.2, 0) is 19.7 Å². The van der Waals surface area contributed by atoms with Gasteiger partial charge in [-0.3, -0.25) is 9.80 Å². The SMILES string of the molecule is c1ccc(COc2cccc(CN3CCN(Cc4ccccc4)CC3)c2)cc1. The zero-order chi connectivity index (χ0) is 19.0. The van der Waals surface area contributed by atoms with Gasteiger partial charge in [0.2, 0.25) is 0 Å². The topological polar surface area (TPSA) is 15.7 Å². The van der Waals surface area contributed by atoms with E-state index in [1.54, 1.807) is 0 Å². The average Bonchev–Trinajstić information content (AvgIpc) is 2.76. The van der Waals surface area contributed by atoms with Crippen LogP contribution in [0.5, 0.6) is 5.75 Å². The standard InChI is InChI=1S/C25H28N2O/c1-3-8-22(9-4-1)19-26-14-16-27(17-15-26)20-24-12-7-13-25(18-24)28-21-23-10-5-2-6-11-23/h1-13,18H,14-17,19-21H2. The summed E-state index contributed by atoms with van der Waals surface area (Å²) < 4.78 is 5.98. The van der Waals surface area contributed by atoms with Crippen molar-refractivity contribution < 1.29 is 4.74 Å². The molecule has 0 aromatic heterocycles. The molecule has 0 N–H and O–H groups in total. The van der Waals surface area contributed by atoms with Crippen molar-refractivity contribution in [1.29, 1.82) is 0 Å². The fourth-order valence-corrected chi connectivity index (χ4v) is 3.68. The average molecular weight is 373 g/mol. The van der Waals surface area contributed by atoms with E-state index in [0.29, 0.717) is 6.61 Å². The van der Waals surface area contributed by atoms with Crippen molar-refractivity contribution in [1.82, 2.24) is 9.80 Å². The second kappa shape index (κ2) is 9.54. The Balaban J connectivity index is 1.26. The van der Waals surface area contributed by atoms with E-state index in [2.05, 4.69) is 70.5 Å². The maximum Gasteiger partial charge on any atom is 0.120 e. The van der Waals surface area contributed by atoms with E-state index < -0.39 is 0 Å². The Morgan fingerprint density at radius 2 is 1.11 bits per heavy atom. The van der Waals surface area contributed by atoms with Gasteiger partial charge in [0, 0.05) is 39.3 Å². The lowest BCUT2D eigenvalue weighted by molar-refractivity contribution is 0.122. The third kappa shape index (κ3) is 5.44. The predicted molar refractivity (Wildman–Crippen MR) is 114 cm³/mol. The van der Waals surface area contributed by atoms with Gasteiger partial charge in [0.1, 0.15) is 12.4 Å². The molecule has 1 aliphatic heterocycles. The molecule has 3 heteroatoms. The molecule has 4 rings (SSSR count). The number of hydrogen-bond acceptors (Lipinski definition) is 3. The van der Waals surface area contributed by atoms with Crippen molar-refractivity contribution in [3.8, 4) is 5.75 Å². The van der Waals surface area contributed by atoms with Crippen molar-refractivity contribution in [2.45, 2.75) is 19.7 Å². The largest absolute Gasteiger partial charge is 0.489 e. The second-order valence-electron chi connectivity index (χ2n) is 7.46. The van der Waals surface area contributed by atoms with Crippen LogP contribution in [0.25, 0.3) is 0 Å². The van der Waals surface area contributed by atoms with E-state index >= 15 is 0 Å². The lowest BCUT2D eigenvalue weighted by Crippen LogP contribution is -2.45. The van der Waals surface area contributed by atoms with Crippen LogP contribution in [0.4, 0.5) is 0 Å². The molecular formula is C25H28N2O. The Morgan fingerprint density at radius 3 is 1.75 bits per heavy atom. The molecule has 3 aromatic rings. The maximum atomic E-state index is 5.98. The summed E-state index contributed by atoms with van der Waals surface area (Å²) in [6.45, 7) is 7.13. The van der Waals surface area contributed by atoms with Gasteiger partial charge in [-0.05, 0) is 28.8 Å². The van der Waals surface area contributed by atoms with Crippen LogP contribution < -0.4 is 4.74 Å². The Kier molecular flexibility index (Phi) is 6.38. The van der Waals surface area contributed by atoms with Crippen molar-refractivity contribution in [3.63, 3.8) is 0 Å². The van der Waals surface area contributed by atoms with Crippen LogP contribution >= 0.6 is 0 Å².